The number of hydrogen-bond acceptors (Lipinski definition) is 5. The number of carboxylic acid groups (broad SMARTS) is 2. The van der Waals surface area contributed by atoms with Crippen LogP contribution in [0.25, 0.3) is 10.2 Å². The Kier molecular flexibility index (Phi) is 4.71. The third kappa shape index (κ3) is 3.59. The number of amides is 1. The fraction of sp³-hybridized carbons (Fsp3) is 0.286. The summed E-state index contributed by atoms with van der Waals surface area (Å²) in [5.41, 5.74) is 1.74. The van der Waals surface area contributed by atoms with Crippen LogP contribution in [0.15, 0.2) is 23.2 Å². The van der Waals surface area contributed by atoms with Crippen molar-refractivity contribution in [2.75, 3.05) is 5.32 Å². The summed E-state index contributed by atoms with van der Waals surface area (Å²) in [6.07, 6.45) is -0.723. The highest BCUT2D eigenvalue weighted by molar-refractivity contribution is 7.20. The Morgan fingerprint density at radius 3 is 2.73 bits per heavy atom. The van der Waals surface area contributed by atoms with Gasteiger partial charge in [0.25, 0.3) is 0 Å². The molecule has 116 valence electrons. The number of rotatable bonds is 5. The molecule has 0 aliphatic heterocycles. The molecule has 1 heterocycles. The molecule has 0 aliphatic rings. The Balaban J connectivity index is 2.34. The Morgan fingerprint density at radius 1 is 1.41 bits per heavy atom. The Morgan fingerprint density at radius 2 is 2.14 bits per heavy atom. The molecular weight excluding hydrogens is 306 g/mol. The minimum Gasteiger partial charge on any atom is -0.480 e. The van der Waals surface area contributed by atoms with Crippen LogP contribution in [0.5, 0.6) is 0 Å². The molecule has 2 aromatic rings. The molecule has 0 fully saturated rings. The normalized spacial score (nSPS) is 13.1. The largest absolute Gasteiger partial charge is 0.480 e. The van der Waals surface area contributed by atoms with Crippen molar-refractivity contribution in [2.45, 2.75) is 26.3 Å². The maximum Gasteiger partial charge on any atom is 0.409 e. The zero-order valence-corrected chi connectivity index (χ0v) is 12.8. The molecule has 7 nitrogen and oxygen atoms in total. The first-order valence-corrected chi connectivity index (χ1v) is 7.40. The summed E-state index contributed by atoms with van der Waals surface area (Å²) >= 11 is 1.34. The summed E-state index contributed by atoms with van der Waals surface area (Å²) in [6.45, 7) is 3.48. The van der Waals surface area contributed by atoms with Crippen LogP contribution in [0.4, 0.5) is 10.5 Å². The van der Waals surface area contributed by atoms with E-state index >= 15 is 0 Å². The standard InChI is InChI=1S/C14H15N3O4S/c1-3-9(13(18)19)15-7(2)12-17-10-5-4-8(16-14(20)21)6-11(10)22-12/h4-6,9,16H,3H2,1-2H3,(H,18,19)(H,20,21). The Hall–Kier alpha value is -2.48. The lowest BCUT2D eigenvalue weighted by Crippen LogP contribution is -2.18. The molecule has 8 heteroatoms. The highest BCUT2D eigenvalue weighted by Crippen LogP contribution is 2.26. The summed E-state index contributed by atoms with van der Waals surface area (Å²) in [7, 11) is 0. The maximum atomic E-state index is 11.0. The number of anilines is 1. The van der Waals surface area contributed by atoms with Gasteiger partial charge in [-0.2, -0.15) is 0 Å². The van der Waals surface area contributed by atoms with Crippen molar-refractivity contribution in [3.63, 3.8) is 0 Å². The molecule has 0 saturated heterocycles. The van der Waals surface area contributed by atoms with Gasteiger partial charge in [0, 0.05) is 5.69 Å². The second-order valence-corrected chi connectivity index (χ2v) is 5.64. The SMILES string of the molecule is CCC(N=C(C)c1nc2ccc(NC(=O)O)cc2s1)C(=O)O. The summed E-state index contributed by atoms with van der Waals surface area (Å²) < 4.78 is 0.805. The van der Waals surface area contributed by atoms with Gasteiger partial charge in [0.05, 0.1) is 15.9 Å². The molecule has 22 heavy (non-hydrogen) atoms. The van der Waals surface area contributed by atoms with Crippen LogP contribution in [0.2, 0.25) is 0 Å². The van der Waals surface area contributed by atoms with E-state index in [-0.39, 0.29) is 0 Å². The van der Waals surface area contributed by atoms with Gasteiger partial charge in [-0.05, 0) is 31.5 Å². The van der Waals surface area contributed by atoms with E-state index in [0.717, 1.165) is 4.70 Å². The van der Waals surface area contributed by atoms with Crippen LogP contribution >= 0.6 is 11.3 Å². The molecule has 1 amide bonds. The van der Waals surface area contributed by atoms with E-state index in [2.05, 4.69) is 15.3 Å². The summed E-state index contributed by atoms with van der Waals surface area (Å²) in [4.78, 5) is 30.3. The van der Waals surface area contributed by atoms with Gasteiger partial charge < -0.3 is 10.2 Å². The van der Waals surface area contributed by atoms with E-state index in [1.165, 1.54) is 11.3 Å². The van der Waals surface area contributed by atoms with Crippen LogP contribution in [0, 0.1) is 0 Å². The molecule has 1 atom stereocenters. The van der Waals surface area contributed by atoms with Crippen LogP contribution in [0.1, 0.15) is 25.3 Å². The highest BCUT2D eigenvalue weighted by Gasteiger charge is 2.15. The van der Waals surface area contributed by atoms with Crippen molar-refractivity contribution in [2.24, 2.45) is 4.99 Å². The number of carboxylic acids is 1. The number of aliphatic imine (C=N–C) groups is 1. The molecule has 1 aromatic carbocycles. The van der Waals surface area contributed by atoms with Crippen LogP contribution < -0.4 is 5.32 Å². The van der Waals surface area contributed by atoms with Crippen molar-refractivity contribution >= 4 is 45.0 Å². The summed E-state index contributed by atoms with van der Waals surface area (Å²) in [6, 6.07) is 4.24. The zero-order chi connectivity index (χ0) is 16.3. The minimum atomic E-state index is -1.13. The fourth-order valence-corrected chi connectivity index (χ4v) is 2.85. The average Bonchev–Trinajstić information content (AvgIpc) is 2.86. The monoisotopic (exact) mass is 321 g/mol. The minimum absolute atomic E-state index is 0.407. The van der Waals surface area contributed by atoms with E-state index in [1.807, 2.05) is 0 Å². The number of aliphatic carboxylic acids is 1. The van der Waals surface area contributed by atoms with Gasteiger partial charge in [0.15, 0.2) is 0 Å². The zero-order valence-electron chi connectivity index (χ0n) is 12.0. The highest BCUT2D eigenvalue weighted by atomic mass is 32.1. The number of hydrogen-bond donors (Lipinski definition) is 3. The van der Waals surface area contributed by atoms with E-state index in [0.29, 0.717) is 28.3 Å². The van der Waals surface area contributed by atoms with Crippen molar-refractivity contribution in [1.29, 1.82) is 0 Å². The van der Waals surface area contributed by atoms with Gasteiger partial charge in [-0.3, -0.25) is 10.3 Å². The third-order valence-electron chi connectivity index (χ3n) is 2.97. The fourth-order valence-electron chi connectivity index (χ4n) is 1.89. The first-order valence-electron chi connectivity index (χ1n) is 6.58. The topological polar surface area (TPSA) is 112 Å². The first kappa shape index (κ1) is 15.9. The Labute approximate surface area is 130 Å². The summed E-state index contributed by atoms with van der Waals surface area (Å²) in [5, 5.41) is 20.7. The molecule has 0 saturated carbocycles. The maximum absolute atomic E-state index is 11.0. The van der Waals surface area contributed by atoms with Crippen LogP contribution in [0.3, 0.4) is 0 Å². The quantitative estimate of drug-likeness (QED) is 0.733. The molecule has 1 aromatic heterocycles. The van der Waals surface area contributed by atoms with Crippen molar-refractivity contribution in [3.8, 4) is 0 Å². The lowest BCUT2D eigenvalue weighted by Gasteiger charge is -2.04. The number of aromatic nitrogens is 1. The number of benzene rings is 1. The molecule has 0 aliphatic carbocycles. The number of fused-ring (bicyclic) bond motifs is 1. The predicted molar refractivity (Wildman–Crippen MR) is 85.2 cm³/mol. The Bertz CT molecular complexity index is 754. The molecular formula is C14H15N3O4S. The molecule has 0 radical (unpaired) electrons. The van der Waals surface area contributed by atoms with E-state index in [1.54, 1.807) is 32.0 Å². The van der Waals surface area contributed by atoms with Gasteiger partial charge in [0.1, 0.15) is 11.0 Å². The van der Waals surface area contributed by atoms with E-state index in [9.17, 15) is 9.59 Å². The first-order chi connectivity index (χ1) is 10.4. The van der Waals surface area contributed by atoms with Gasteiger partial charge in [-0.1, -0.05) is 6.92 Å². The lowest BCUT2D eigenvalue weighted by molar-refractivity contribution is -0.138. The molecule has 3 N–H and O–H groups in total. The van der Waals surface area contributed by atoms with Crippen molar-refractivity contribution in [1.82, 2.24) is 4.98 Å². The van der Waals surface area contributed by atoms with E-state index in [4.69, 9.17) is 10.2 Å². The summed E-state index contributed by atoms with van der Waals surface area (Å²) in [5.74, 6) is -0.962. The van der Waals surface area contributed by atoms with Crippen molar-refractivity contribution < 1.29 is 19.8 Å². The van der Waals surface area contributed by atoms with Gasteiger partial charge in [-0.15, -0.1) is 11.3 Å². The van der Waals surface area contributed by atoms with Crippen LogP contribution in [-0.4, -0.2) is 39.0 Å². The van der Waals surface area contributed by atoms with E-state index < -0.39 is 18.1 Å². The second-order valence-electron chi connectivity index (χ2n) is 4.61. The number of carbonyl (C=O) groups is 2. The van der Waals surface area contributed by atoms with Gasteiger partial charge in [-0.25, -0.2) is 14.6 Å². The smallest absolute Gasteiger partial charge is 0.409 e. The molecule has 2 rings (SSSR count). The third-order valence-corrected chi connectivity index (χ3v) is 4.10. The number of nitrogens with one attached hydrogen (secondary N) is 1. The molecule has 0 bridgehead atoms. The number of nitrogens with zero attached hydrogens (tertiary/aromatic N) is 2. The second kappa shape index (κ2) is 6.52. The number of thiazole rings is 1. The van der Waals surface area contributed by atoms with Crippen LogP contribution in [-0.2, 0) is 4.79 Å². The van der Waals surface area contributed by atoms with Crippen molar-refractivity contribution in [3.05, 3.63) is 23.2 Å². The van der Waals surface area contributed by atoms with Gasteiger partial charge >= 0.3 is 12.1 Å². The molecule has 1 unspecified atom stereocenters. The predicted octanol–water partition coefficient (Wildman–Crippen LogP) is 3.06. The lowest BCUT2D eigenvalue weighted by atomic mass is 10.2. The molecule has 0 spiro atoms. The average molecular weight is 321 g/mol. The van der Waals surface area contributed by atoms with Gasteiger partial charge in [0.2, 0.25) is 0 Å².